The number of benzene rings is 1. The maximum atomic E-state index is 12.0. The third-order valence-electron chi connectivity index (χ3n) is 2.24. The summed E-state index contributed by atoms with van der Waals surface area (Å²) in [6.45, 7) is -0.0914. The van der Waals surface area contributed by atoms with E-state index in [9.17, 15) is 9.59 Å². The van der Waals surface area contributed by atoms with Crippen LogP contribution in [0.5, 0.6) is 5.75 Å². The molecule has 20 heavy (non-hydrogen) atoms. The largest absolute Gasteiger partial charge is 0.496 e. The summed E-state index contributed by atoms with van der Waals surface area (Å²) in [7, 11) is 1.46. The number of carboxylic acids is 1. The monoisotopic (exact) mass is 413 g/mol. The molecule has 0 aliphatic heterocycles. The summed E-state index contributed by atoms with van der Waals surface area (Å²) < 4.78 is 10.7. The lowest BCUT2D eigenvalue weighted by atomic mass is 10.2. The number of methoxy groups -OCH3 is 1. The van der Waals surface area contributed by atoms with Gasteiger partial charge in [0.25, 0.3) is 5.91 Å². The van der Waals surface area contributed by atoms with E-state index in [1.807, 2.05) is 22.6 Å². The average molecular weight is 414 g/mol. The highest BCUT2D eigenvalue weighted by Crippen LogP contribution is 2.28. The van der Waals surface area contributed by atoms with Crippen molar-refractivity contribution in [1.82, 2.24) is 5.32 Å². The lowest BCUT2D eigenvalue weighted by Crippen LogP contribution is -2.28. The Balaban J connectivity index is 2.59. The van der Waals surface area contributed by atoms with E-state index in [1.54, 1.807) is 6.07 Å². The first-order valence-electron chi connectivity index (χ1n) is 5.56. The first kappa shape index (κ1) is 17.0. The molecule has 0 fully saturated rings. The van der Waals surface area contributed by atoms with Gasteiger partial charge < -0.3 is 19.9 Å². The molecule has 1 amide bonds. The van der Waals surface area contributed by atoms with Gasteiger partial charge in [-0.05, 0) is 34.7 Å². The third-order valence-corrected chi connectivity index (χ3v) is 3.77. The first-order chi connectivity index (χ1) is 9.45. The summed E-state index contributed by atoms with van der Waals surface area (Å²) in [5.74, 6) is -0.996. The number of rotatable bonds is 7. The SMILES string of the molecule is COc1cc(I)c(Cl)cc1C(=O)NCCOCC(=O)O. The van der Waals surface area contributed by atoms with Crippen LogP contribution in [0, 0.1) is 3.57 Å². The molecule has 110 valence electrons. The third kappa shape index (κ3) is 5.14. The maximum Gasteiger partial charge on any atom is 0.329 e. The maximum absolute atomic E-state index is 12.0. The smallest absolute Gasteiger partial charge is 0.329 e. The van der Waals surface area contributed by atoms with Crippen LogP contribution in [0.4, 0.5) is 0 Å². The van der Waals surface area contributed by atoms with E-state index in [0.29, 0.717) is 16.3 Å². The standard InChI is InChI=1S/C12H13ClINO5/c1-19-10-5-9(14)8(13)4-7(10)12(18)15-2-3-20-6-11(16)17/h4-5H,2-3,6H2,1H3,(H,15,18)(H,16,17). The Morgan fingerprint density at radius 2 is 2.15 bits per heavy atom. The van der Waals surface area contributed by atoms with E-state index in [4.69, 9.17) is 26.2 Å². The summed E-state index contributed by atoms with van der Waals surface area (Å²) in [5.41, 5.74) is 0.316. The molecule has 0 heterocycles. The van der Waals surface area contributed by atoms with Gasteiger partial charge in [0.15, 0.2) is 0 Å². The normalized spacial score (nSPS) is 10.2. The van der Waals surface area contributed by atoms with Crippen molar-refractivity contribution in [3.63, 3.8) is 0 Å². The molecule has 0 unspecified atom stereocenters. The van der Waals surface area contributed by atoms with Crippen molar-refractivity contribution < 1.29 is 24.2 Å². The van der Waals surface area contributed by atoms with Gasteiger partial charge in [0, 0.05) is 10.1 Å². The predicted octanol–water partition coefficient (Wildman–Crippen LogP) is 1.78. The second kappa shape index (κ2) is 8.28. The first-order valence-corrected chi connectivity index (χ1v) is 7.02. The molecule has 1 rings (SSSR count). The van der Waals surface area contributed by atoms with Gasteiger partial charge >= 0.3 is 5.97 Å². The van der Waals surface area contributed by atoms with Gasteiger partial charge in [-0.3, -0.25) is 4.79 Å². The highest BCUT2D eigenvalue weighted by Gasteiger charge is 2.14. The van der Waals surface area contributed by atoms with Gasteiger partial charge in [-0.25, -0.2) is 4.79 Å². The predicted molar refractivity (Wildman–Crippen MR) is 81.5 cm³/mol. The number of carbonyl (C=O) groups is 2. The second-order valence-electron chi connectivity index (χ2n) is 3.67. The van der Waals surface area contributed by atoms with Gasteiger partial charge in [0.1, 0.15) is 12.4 Å². The van der Waals surface area contributed by atoms with Crippen molar-refractivity contribution in [1.29, 1.82) is 0 Å². The fraction of sp³-hybridized carbons (Fsp3) is 0.333. The Hall–Kier alpha value is -1.06. The molecule has 1 aromatic rings. The summed E-state index contributed by atoms with van der Waals surface area (Å²) in [6, 6.07) is 3.19. The Morgan fingerprint density at radius 1 is 1.45 bits per heavy atom. The summed E-state index contributed by atoms with van der Waals surface area (Å²) in [4.78, 5) is 22.2. The fourth-order valence-corrected chi connectivity index (χ4v) is 1.97. The fourth-order valence-electron chi connectivity index (χ4n) is 1.37. The van der Waals surface area contributed by atoms with Gasteiger partial charge in [0.2, 0.25) is 0 Å². The van der Waals surface area contributed by atoms with E-state index in [-0.39, 0.29) is 19.1 Å². The highest BCUT2D eigenvalue weighted by atomic mass is 127. The van der Waals surface area contributed by atoms with E-state index in [0.717, 1.165) is 3.57 Å². The van der Waals surface area contributed by atoms with Crippen LogP contribution in [-0.2, 0) is 9.53 Å². The summed E-state index contributed by atoms with van der Waals surface area (Å²) in [6.07, 6.45) is 0. The number of halogens is 2. The van der Waals surface area contributed by atoms with E-state index < -0.39 is 12.6 Å². The van der Waals surface area contributed by atoms with Crippen LogP contribution in [0.25, 0.3) is 0 Å². The van der Waals surface area contributed by atoms with E-state index in [1.165, 1.54) is 13.2 Å². The molecular formula is C12H13ClINO5. The van der Waals surface area contributed by atoms with Crippen LogP contribution in [0.1, 0.15) is 10.4 Å². The molecule has 0 radical (unpaired) electrons. The van der Waals surface area contributed by atoms with Gasteiger partial charge in [-0.2, -0.15) is 0 Å². The zero-order valence-electron chi connectivity index (χ0n) is 10.6. The number of hydrogen-bond acceptors (Lipinski definition) is 4. The van der Waals surface area contributed by atoms with Crippen LogP contribution in [-0.4, -0.2) is 43.9 Å². The second-order valence-corrected chi connectivity index (χ2v) is 5.24. The van der Waals surface area contributed by atoms with Crippen LogP contribution in [0.3, 0.4) is 0 Å². The zero-order valence-corrected chi connectivity index (χ0v) is 13.5. The van der Waals surface area contributed by atoms with Crippen molar-refractivity contribution in [3.8, 4) is 5.75 Å². The van der Waals surface area contributed by atoms with E-state index >= 15 is 0 Å². The minimum absolute atomic E-state index is 0.110. The molecule has 0 aliphatic carbocycles. The number of carboxylic acid groups (broad SMARTS) is 1. The molecule has 8 heteroatoms. The number of amides is 1. The molecule has 0 bridgehead atoms. The quantitative estimate of drug-likeness (QED) is 0.526. The van der Waals surface area contributed by atoms with Crippen molar-refractivity contribution in [2.45, 2.75) is 0 Å². The van der Waals surface area contributed by atoms with Crippen molar-refractivity contribution in [2.24, 2.45) is 0 Å². The van der Waals surface area contributed by atoms with Crippen molar-refractivity contribution >= 4 is 46.1 Å². The van der Waals surface area contributed by atoms with Crippen LogP contribution >= 0.6 is 34.2 Å². The Bertz CT molecular complexity index is 509. The highest BCUT2D eigenvalue weighted by molar-refractivity contribution is 14.1. The molecule has 2 N–H and O–H groups in total. The Morgan fingerprint density at radius 3 is 2.75 bits per heavy atom. The Labute approximate surface area is 134 Å². The van der Waals surface area contributed by atoms with Crippen molar-refractivity contribution in [3.05, 3.63) is 26.3 Å². The van der Waals surface area contributed by atoms with Gasteiger partial charge in [-0.15, -0.1) is 0 Å². The minimum atomic E-state index is -1.05. The lowest BCUT2D eigenvalue weighted by molar-refractivity contribution is -0.142. The molecule has 0 atom stereocenters. The summed E-state index contributed by atoms with van der Waals surface area (Å²) in [5, 5.41) is 11.4. The number of aliphatic carboxylic acids is 1. The molecule has 0 aromatic heterocycles. The molecule has 0 saturated heterocycles. The lowest BCUT2D eigenvalue weighted by Gasteiger charge is -2.10. The van der Waals surface area contributed by atoms with Crippen LogP contribution in [0.15, 0.2) is 12.1 Å². The van der Waals surface area contributed by atoms with E-state index in [2.05, 4.69) is 5.32 Å². The van der Waals surface area contributed by atoms with Crippen LogP contribution < -0.4 is 10.1 Å². The summed E-state index contributed by atoms with van der Waals surface area (Å²) >= 11 is 8.01. The molecule has 0 saturated carbocycles. The molecule has 6 nitrogen and oxygen atoms in total. The number of hydrogen-bond donors (Lipinski definition) is 2. The van der Waals surface area contributed by atoms with Crippen molar-refractivity contribution in [2.75, 3.05) is 26.9 Å². The average Bonchev–Trinajstić information content (AvgIpc) is 2.40. The topological polar surface area (TPSA) is 84.9 Å². The molecule has 0 spiro atoms. The van der Waals surface area contributed by atoms with Crippen LogP contribution in [0.2, 0.25) is 5.02 Å². The zero-order chi connectivity index (χ0) is 15.1. The number of ether oxygens (including phenoxy) is 2. The van der Waals surface area contributed by atoms with Gasteiger partial charge in [0.05, 0.1) is 24.3 Å². The Kier molecular flexibility index (Phi) is 7.03. The molecule has 1 aromatic carbocycles. The molecular weight excluding hydrogens is 400 g/mol. The van der Waals surface area contributed by atoms with Gasteiger partial charge in [-0.1, -0.05) is 11.6 Å². The number of carbonyl (C=O) groups excluding carboxylic acids is 1. The molecule has 0 aliphatic rings. The minimum Gasteiger partial charge on any atom is -0.496 e. The number of nitrogens with one attached hydrogen (secondary N) is 1.